The molecule has 0 bridgehead atoms. The van der Waals surface area contributed by atoms with E-state index in [0.29, 0.717) is 23.6 Å². The normalized spacial score (nSPS) is 11.6. The van der Waals surface area contributed by atoms with Gasteiger partial charge in [-0.2, -0.15) is 0 Å². The number of hydrogen-bond acceptors (Lipinski definition) is 5. The van der Waals surface area contributed by atoms with Gasteiger partial charge in [0.15, 0.2) is 5.82 Å². The highest BCUT2D eigenvalue weighted by atomic mass is 32.2. The molecule has 34 heavy (non-hydrogen) atoms. The summed E-state index contributed by atoms with van der Waals surface area (Å²) in [6.07, 6.45) is 0.333. The van der Waals surface area contributed by atoms with Gasteiger partial charge >= 0.3 is 0 Å². The monoisotopic (exact) mass is 487 g/mol. The summed E-state index contributed by atoms with van der Waals surface area (Å²) in [6, 6.07) is 15.9. The number of nitrogens with zero attached hydrogens (tertiary/aromatic N) is 3. The number of sulfonamides is 1. The highest BCUT2D eigenvalue weighted by molar-refractivity contribution is 7.89. The summed E-state index contributed by atoms with van der Waals surface area (Å²) in [5.41, 5.74) is 1.32. The molecule has 0 aliphatic heterocycles. The Bertz CT molecular complexity index is 1410. The molecule has 0 saturated heterocycles. The number of primary sulfonamides is 1. The second-order valence-electron chi connectivity index (χ2n) is 7.56. The van der Waals surface area contributed by atoms with Gasteiger partial charge in [0.25, 0.3) is 0 Å². The van der Waals surface area contributed by atoms with Crippen molar-refractivity contribution in [3.05, 3.63) is 107 Å². The first-order chi connectivity index (χ1) is 16.2. The van der Waals surface area contributed by atoms with E-state index >= 15 is 0 Å². The van der Waals surface area contributed by atoms with Gasteiger partial charge in [-0.05, 0) is 41.5 Å². The van der Waals surface area contributed by atoms with Gasteiger partial charge in [-0.1, -0.05) is 30.3 Å². The number of nitrogens with one attached hydrogen (secondary N) is 1. The van der Waals surface area contributed by atoms with E-state index < -0.39 is 27.5 Å². The Labute approximate surface area is 194 Å². The van der Waals surface area contributed by atoms with Crippen LogP contribution in [0, 0.1) is 17.5 Å². The lowest BCUT2D eigenvalue weighted by molar-refractivity contribution is 0.573. The Morgan fingerprint density at radius 1 is 0.882 bits per heavy atom. The number of halogens is 3. The lowest BCUT2D eigenvalue weighted by Crippen LogP contribution is -2.15. The molecule has 0 radical (unpaired) electrons. The van der Waals surface area contributed by atoms with E-state index in [2.05, 4.69) is 15.4 Å². The summed E-state index contributed by atoms with van der Waals surface area (Å²) in [5.74, 6) is -1.45. The fourth-order valence-corrected chi connectivity index (χ4v) is 3.95. The number of hydrogen-bond donors (Lipinski definition) is 2. The molecule has 0 amide bonds. The molecule has 0 atom stereocenters. The highest BCUT2D eigenvalue weighted by Gasteiger charge is 2.18. The van der Waals surface area contributed by atoms with Crippen molar-refractivity contribution in [1.82, 2.24) is 20.1 Å². The Morgan fingerprint density at radius 2 is 1.59 bits per heavy atom. The van der Waals surface area contributed by atoms with E-state index in [0.717, 1.165) is 17.7 Å². The molecule has 0 aliphatic rings. The van der Waals surface area contributed by atoms with E-state index in [9.17, 15) is 21.6 Å². The standard InChI is InChI=1S/C23H20F3N5O2S/c24-17-8-16(9-18(25)11-17)13-28-14-22-29-23(10-15-4-2-1-3-5-15)31(30-22)21-7-6-19(12-20(21)26)34(27,32)33/h1-9,11-12,28H,10,13-14H2,(H2,27,32,33). The molecular weight excluding hydrogens is 467 g/mol. The van der Waals surface area contributed by atoms with Crippen molar-refractivity contribution in [3.8, 4) is 5.69 Å². The Kier molecular flexibility index (Phi) is 6.77. The van der Waals surface area contributed by atoms with Gasteiger partial charge in [0.1, 0.15) is 29.0 Å². The van der Waals surface area contributed by atoms with Gasteiger partial charge in [0.2, 0.25) is 10.0 Å². The van der Waals surface area contributed by atoms with Crippen LogP contribution in [-0.4, -0.2) is 23.2 Å². The highest BCUT2D eigenvalue weighted by Crippen LogP contribution is 2.20. The van der Waals surface area contributed by atoms with Crippen molar-refractivity contribution in [2.45, 2.75) is 24.4 Å². The lowest BCUT2D eigenvalue weighted by Gasteiger charge is -2.08. The molecule has 0 aliphatic carbocycles. The predicted octanol–water partition coefficient (Wildman–Crippen LogP) is 3.21. The zero-order valence-electron chi connectivity index (χ0n) is 17.7. The van der Waals surface area contributed by atoms with Crippen LogP contribution >= 0.6 is 0 Å². The summed E-state index contributed by atoms with van der Waals surface area (Å²) >= 11 is 0. The summed E-state index contributed by atoms with van der Waals surface area (Å²) in [4.78, 5) is 4.13. The zero-order valence-corrected chi connectivity index (χ0v) is 18.6. The first-order valence-corrected chi connectivity index (χ1v) is 11.7. The number of nitrogens with two attached hydrogens (primary N) is 1. The van der Waals surface area contributed by atoms with Gasteiger partial charge in [0, 0.05) is 19.0 Å². The van der Waals surface area contributed by atoms with Crippen LogP contribution < -0.4 is 10.5 Å². The molecule has 7 nitrogen and oxygen atoms in total. The van der Waals surface area contributed by atoms with Crippen LogP contribution in [0.4, 0.5) is 13.2 Å². The minimum absolute atomic E-state index is 0.00397. The second kappa shape index (κ2) is 9.75. The average Bonchev–Trinajstić information content (AvgIpc) is 3.15. The van der Waals surface area contributed by atoms with Crippen molar-refractivity contribution in [1.29, 1.82) is 0 Å². The molecule has 3 aromatic carbocycles. The fraction of sp³-hybridized carbons (Fsp3) is 0.130. The molecule has 1 heterocycles. The Hall–Kier alpha value is -3.54. The SMILES string of the molecule is NS(=O)(=O)c1ccc(-n2nc(CNCc3cc(F)cc(F)c3)nc2Cc2ccccc2)c(F)c1. The summed E-state index contributed by atoms with van der Waals surface area (Å²) in [6.45, 7) is 0.304. The van der Waals surface area contributed by atoms with E-state index in [1.165, 1.54) is 28.9 Å². The van der Waals surface area contributed by atoms with E-state index in [1.807, 2.05) is 30.3 Å². The summed E-state index contributed by atoms with van der Waals surface area (Å²) in [5, 5.41) is 12.5. The quantitative estimate of drug-likeness (QED) is 0.397. The largest absolute Gasteiger partial charge is 0.306 e. The van der Waals surface area contributed by atoms with Crippen molar-refractivity contribution in [2.24, 2.45) is 5.14 Å². The maximum Gasteiger partial charge on any atom is 0.238 e. The molecule has 3 N–H and O–H groups in total. The molecular formula is C23H20F3N5O2S. The average molecular weight is 488 g/mol. The van der Waals surface area contributed by atoms with Gasteiger partial charge in [-0.3, -0.25) is 0 Å². The van der Waals surface area contributed by atoms with Gasteiger partial charge in [-0.25, -0.2) is 36.4 Å². The minimum Gasteiger partial charge on any atom is -0.306 e. The van der Waals surface area contributed by atoms with Crippen LogP contribution in [0.25, 0.3) is 5.69 Å². The smallest absolute Gasteiger partial charge is 0.238 e. The molecule has 4 rings (SSSR count). The number of benzene rings is 3. The van der Waals surface area contributed by atoms with Crippen LogP contribution in [0.3, 0.4) is 0 Å². The molecule has 0 unspecified atom stereocenters. The molecule has 176 valence electrons. The Morgan fingerprint density at radius 3 is 2.24 bits per heavy atom. The third-order valence-electron chi connectivity index (χ3n) is 4.93. The molecule has 11 heteroatoms. The number of rotatable bonds is 8. The van der Waals surface area contributed by atoms with E-state index in [-0.39, 0.29) is 23.7 Å². The van der Waals surface area contributed by atoms with E-state index in [1.54, 1.807) is 0 Å². The first kappa shape index (κ1) is 23.6. The molecule has 0 spiro atoms. The van der Waals surface area contributed by atoms with Gasteiger partial charge in [0.05, 0.1) is 11.4 Å². The van der Waals surface area contributed by atoms with Gasteiger partial charge < -0.3 is 5.32 Å². The lowest BCUT2D eigenvalue weighted by atomic mass is 10.1. The minimum atomic E-state index is -4.07. The summed E-state index contributed by atoms with van der Waals surface area (Å²) < 4.78 is 66.0. The number of aromatic nitrogens is 3. The van der Waals surface area contributed by atoms with E-state index in [4.69, 9.17) is 5.14 Å². The zero-order chi connectivity index (χ0) is 24.3. The predicted molar refractivity (Wildman–Crippen MR) is 119 cm³/mol. The van der Waals surface area contributed by atoms with Crippen LogP contribution in [0.2, 0.25) is 0 Å². The van der Waals surface area contributed by atoms with Gasteiger partial charge in [-0.15, -0.1) is 5.10 Å². The maximum atomic E-state index is 14.8. The van der Waals surface area contributed by atoms with Crippen LogP contribution in [0.15, 0.2) is 71.6 Å². The Balaban J connectivity index is 1.62. The fourth-order valence-electron chi connectivity index (χ4n) is 3.42. The first-order valence-electron chi connectivity index (χ1n) is 10.2. The summed E-state index contributed by atoms with van der Waals surface area (Å²) in [7, 11) is -4.07. The van der Waals surface area contributed by atoms with Crippen molar-refractivity contribution in [2.75, 3.05) is 0 Å². The second-order valence-corrected chi connectivity index (χ2v) is 9.12. The maximum absolute atomic E-state index is 14.8. The topological polar surface area (TPSA) is 103 Å². The molecule has 4 aromatic rings. The van der Waals surface area contributed by atoms with Crippen LogP contribution in [-0.2, 0) is 29.5 Å². The van der Waals surface area contributed by atoms with Crippen molar-refractivity contribution >= 4 is 10.0 Å². The van der Waals surface area contributed by atoms with Crippen LogP contribution in [0.5, 0.6) is 0 Å². The van der Waals surface area contributed by atoms with Crippen LogP contribution in [0.1, 0.15) is 22.8 Å². The third kappa shape index (κ3) is 5.68. The van der Waals surface area contributed by atoms with Crippen molar-refractivity contribution in [3.63, 3.8) is 0 Å². The molecule has 1 aromatic heterocycles. The third-order valence-corrected chi connectivity index (χ3v) is 5.84. The molecule has 0 saturated carbocycles. The van der Waals surface area contributed by atoms with Crippen molar-refractivity contribution < 1.29 is 21.6 Å². The molecule has 0 fully saturated rings.